The molecule has 0 bridgehead atoms. The average Bonchev–Trinajstić information content (AvgIpc) is 3.07. The standard InChI is InChI=1S/C18H24N4O/c19-17-5-2-1-4-16(17)6-7-18(23)21-12-8-15(9-13-21)14-22-11-3-10-20-22/h1-5,10-11,15H,6-9,12-14,19H2. The molecule has 2 N–H and O–H groups in total. The van der Waals surface area contributed by atoms with Gasteiger partial charge in [-0.3, -0.25) is 9.48 Å². The van der Waals surface area contributed by atoms with Crippen LogP contribution in [0, 0.1) is 5.92 Å². The molecule has 1 aliphatic heterocycles. The van der Waals surface area contributed by atoms with Gasteiger partial charge in [-0.1, -0.05) is 18.2 Å². The predicted molar refractivity (Wildman–Crippen MR) is 90.7 cm³/mol. The number of hydrogen-bond donors (Lipinski definition) is 1. The maximum Gasteiger partial charge on any atom is 0.222 e. The number of benzene rings is 1. The van der Waals surface area contributed by atoms with Crippen molar-refractivity contribution in [3.8, 4) is 0 Å². The molecule has 3 rings (SSSR count). The van der Waals surface area contributed by atoms with Crippen molar-refractivity contribution >= 4 is 11.6 Å². The summed E-state index contributed by atoms with van der Waals surface area (Å²) in [5, 5.41) is 4.26. The third-order valence-corrected chi connectivity index (χ3v) is 4.63. The Morgan fingerprint density at radius 2 is 2.00 bits per heavy atom. The highest BCUT2D eigenvalue weighted by Gasteiger charge is 2.22. The van der Waals surface area contributed by atoms with Gasteiger partial charge in [0.25, 0.3) is 0 Å². The van der Waals surface area contributed by atoms with E-state index in [-0.39, 0.29) is 5.91 Å². The van der Waals surface area contributed by atoms with Crippen molar-refractivity contribution in [2.75, 3.05) is 18.8 Å². The number of aryl methyl sites for hydroxylation is 1. The maximum absolute atomic E-state index is 12.4. The van der Waals surface area contributed by atoms with E-state index in [0.29, 0.717) is 12.3 Å². The molecule has 0 unspecified atom stereocenters. The molecular formula is C18H24N4O. The van der Waals surface area contributed by atoms with E-state index in [1.54, 1.807) is 0 Å². The topological polar surface area (TPSA) is 64.2 Å². The van der Waals surface area contributed by atoms with E-state index in [0.717, 1.165) is 50.1 Å². The van der Waals surface area contributed by atoms with E-state index in [1.165, 1.54) is 0 Å². The van der Waals surface area contributed by atoms with Crippen LogP contribution in [-0.2, 0) is 17.8 Å². The number of carbonyl (C=O) groups excluding carboxylic acids is 1. The molecule has 23 heavy (non-hydrogen) atoms. The van der Waals surface area contributed by atoms with E-state index in [1.807, 2.05) is 52.3 Å². The molecule has 5 nitrogen and oxygen atoms in total. The number of nitrogens with zero attached hydrogens (tertiary/aromatic N) is 3. The van der Waals surface area contributed by atoms with Crippen LogP contribution in [0.5, 0.6) is 0 Å². The normalized spacial score (nSPS) is 15.7. The van der Waals surface area contributed by atoms with Crippen LogP contribution in [0.2, 0.25) is 0 Å². The first-order chi connectivity index (χ1) is 11.2. The van der Waals surface area contributed by atoms with Crippen LogP contribution in [0.4, 0.5) is 5.69 Å². The van der Waals surface area contributed by atoms with Gasteiger partial charge in [-0.25, -0.2) is 0 Å². The second-order valence-electron chi connectivity index (χ2n) is 6.25. The van der Waals surface area contributed by atoms with Crippen LogP contribution in [0.15, 0.2) is 42.7 Å². The summed E-state index contributed by atoms with van der Waals surface area (Å²) in [6.45, 7) is 2.67. The summed E-state index contributed by atoms with van der Waals surface area (Å²) in [6, 6.07) is 9.73. The second kappa shape index (κ2) is 7.31. The number of nitrogen functional groups attached to an aromatic ring is 1. The molecule has 2 aromatic rings. The lowest BCUT2D eigenvalue weighted by Crippen LogP contribution is -2.39. The van der Waals surface area contributed by atoms with Crippen LogP contribution < -0.4 is 5.73 Å². The van der Waals surface area contributed by atoms with Gasteiger partial charge in [0.1, 0.15) is 0 Å². The van der Waals surface area contributed by atoms with Crippen LogP contribution in [0.1, 0.15) is 24.8 Å². The first-order valence-corrected chi connectivity index (χ1v) is 8.31. The first kappa shape index (κ1) is 15.6. The molecular weight excluding hydrogens is 288 g/mol. The van der Waals surface area contributed by atoms with Crippen molar-refractivity contribution in [3.63, 3.8) is 0 Å². The highest BCUT2D eigenvalue weighted by molar-refractivity contribution is 5.76. The molecule has 0 saturated carbocycles. The monoisotopic (exact) mass is 312 g/mol. The third kappa shape index (κ3) is 4.12. The Bertz CT molecular complexity index is 630. The number of nitrogens with two attached hydrogens (primary N) is 1. The molecule has 0 radical (unpaired) electrons. The van der Waals surface area contributed by atoms with E-state index < -0.39 is 0 Å². The van der Waals surface area contributed by atoms with Crippen molar-refractivity contribution in [2.45, 2.75) is 32.2 Å². The predicted octanol–water partition coefficient (Wildman–Crippen LogP) is 2.34. The Hall–Kier alpha value is -2.30. The highest BCUT2D eigenvalue weighted by Crippen LogP contribution is 2.20. The van der Waals surface area contributed by atoms with Gasteiger partial charge in [0.2, 0.25) is 5.91 Å². The average molecular weight is 312 g/mol. The van der Waals surface area contributed by atoms with Crippen molar-refractivity contribution in [2.24, 2.45) is 5.92 Å². The maximum atomic E-state index is 12.4. The lowest BCUT2D eigenvalue weighted by Gasteiger charge is -2.32. The lowest BCUT2D eigenvalue weighted by atomic mass is 9.96. The van der Waals surface area contributed by atoms with Gasteiger partial charge in [-0.05, 0) is 42.9 Å². The van der Waals surface area contributed by atoms with Crippen LogP contribution in [0.3, 0.4) is 0 Å². The minimum absolute atomic E-state index is 0.241. The number of rotatable bonds is 5. The third-order valence-electron chi connectivity index (χ3n) is 4.63. The van der Waals surface area contributed by atoms with Crippen LogP contribution in [0.25, 0.3) is 0 Å². The van der Waals surface area contributed by atoms with Crippen molar-refractivity contribution in [1.29, 1.82) is 0 Å². The van der Waals surface area contributed by atoms with Crippen LogP contribution in [-0.4, -0.2) is 33.7 Å². The Labute approximate surface area is 137 Å². The van der Waals surface area contributed by atoms with Gasteiger partial charge in [-0.2, -0.15) is 5.10 Å². The Morgan fingerprint density at radius 3 is 2.70 bits per heavy atom. The van der Waals surface area contributed by atoms with E-state index in [4.69, 9.17) is 5.73 Å². The molecule has 122 valence electrons. The summed E-state index contributed by atoms with van der Waals surface area (Å²) in [7, 11) is 0. The first-order valence-electron chi connectivity index (χ1n) is 8.31. The van der Waals surface area contributed by atoms with Gasteiger partial charge in [0.05, 0.1) is 0 Å². The second-order valence-corrected chi connectivity index (χ2v) is 6.25. The molecule has 0 spiro atoms. The lowest BCUT2D eigenvalue weighted by molar-refractivity contribution is -0.132. The molecule has 1 aliphatic rings. The largest absolute Gasteiger partial charge is 0.399 e. The fourth-order valence-electron chi connectivity index (χ4n) is 3.20. The summed E-state index contributed by atoms with van der Waals surface area (Å²) < 4.78 is 1.99. The molecule has 5 heteroatoms. The van der Waals surface area contributed by atoms with E-state index in [9.17, 15) is 4.79 Å². The minimum atomic E-state index is 0.241. The van der Waals surface area contributed by atoms with Crippen molar-refractivity contribution in [1.82, 2.24) is 14.7 Å². The summed E-state index contributed by atoms with van der Waals surface area (Å²) in [5.41, 5.74) is 7.78. The SMILES string of the molecule is Nc1ccccc1CCC(=O)N1CCC(Cn2cccn2)CC1. The smallest absolute Gasteiger partial charge is 0.222 e. The quantitative estimate of drug-likeness (QED) is 0.862. The Balaban J connectivity index is 1.44. The molecule has 1 aromatic heterocycles. The fourth-order valence-corrected chi connectivity index (χ4v) is 3.20. The summed E-state index contributed by atoms with van der Waals surface area (Å²) in [6.07, 6.45) is 7.19. The summed E-state index contributed by atoms with van der Waals surface area (Å²) in [5.74, 6) is 0.856. The molecule has 1 saturated heterocycles. The molecule has 1 fully saturated rings. The van der Waals surface area contributed by atoms with Crippen LogP contribution >= 0.6 is 0 Å². The highest BCUT2D eigenvalue weighted by atomic mass is 16.2. The summed E-state index contributed by atoms with van der Waals surface area (Å²) in [4.78, 5) is 14.4. The van der Waals surface area contributed by atoms with E-state index in [2.05, 4.69) is 5.10 Å². The molecule has 1 aromatic carbocycles. The summed E-state index contributed by atoms with van der Waals surface area (Å²) >= 11 is 0. The number of likely N-dealkylation sites (tertiary alicyclic amines) is 1. The number of piperidine rings is 1. The molecule has 2 heterocycles. The van der Waals surface area contributed by atoms with Gasteiger partial charge in [0, 0.05) is 44.1 Å². The fraction of sp³-hybridized carbons (Fsp3) is 0.444. The number of carbonyl (C=O) groups is 1. The van der Waals surface area contributed by atoms with Gasteiger partial charge in [-0.15, -0.1) is 0 Å². The number of amides is 1. The number of aromatic nitrogens is 2. The zero-order valence-corrected chi connectivity index (χ0v) is 13.4. The number of para-hydroxylation sites is 1. The Kier molecular flexibility index (Phi) is 4.95. The zero-order chi connectivity index (χ0) is 16.1. The van der Waals surface area contributed by atoms with Gasteiger partial charge in [0.15, 0.2) is 0 Å². The van der Waals surface area contributed by atoms with Crippen molar-refractivity contribution < 1.29 is 4.79 Å². The van der Waals surface area contributed by atoms with Gasteiger partial charge >= 0.3 is 0 Å². The van der Waals surface area contributed by atoms with Crippen molar-refractivity contribution in [3.05, 3.63) is 48.3 Å². The number of anilines is 1. The zero-order valence-electron chi connectivity index (χ0n) is 13.4. The Morgan fingerprint density at radius 1 is 1.22 bits per heavy atom. The van der Waals surface area contributed by atoms with Gasteiger partial charge < -0.3 is 10.6 Å². The number of hydrogen-bond acceptors (Lipinski definition) is 3. The molecule has 0 aliphatic carbocycles. The minimum Gasteiger partial charge on any atom is -0.399 e. The molecule has 1 amide bonds. The van der Waals surface area contributed by atoms with E-state index >= 15 is 0 Å². The molecule has 0 atom stereocenters.